The van der Waals surface area contributed by atoms with E-state index < -0.39 is 6.09 Å². The van der Waals surface area contributed by atoms with Crippen LogP contribution in [-0.4, -0.2) is 29.8 Å². The molecule has 2 aromatic rings. The van der Waals surface area contributed by atoms with Crippen LogP contribution in [0.15, 0.2) is 35.4 Å². The number of hydrogen-bond acceptors (Lipinski definition) is 7. The highest BCUT2D eigenvalue weighted by molar-refractivity contribution is 7.98. The number of nitrogens with one attached hydrogen (secondary N) is 2. The van der Waals surface area contributed by atoms with E-state index in [1.807, 2.05) is 6.26 Å². The zero-order valence-corrected chi connectivity index (χ0v) is 13.5. The first-order chi connectivity index (χ1) is 11.6. The van der Waals surface area contributed by atoms with Crippen LogP contribution < -0.4 is 25.8 Å². The van der Waals surface area contributed by atoms with Crippen LogP contribution >= 0.6 is 11.8 Å². The van der Waals surface area contributed by atoms with E-state index in [0.717, 1.165) is 0 Å². The molecule has 3 rings (SSSR count). The van der Waals surface area contributed by atoms with E-state index in [9.17, 15) is 9.59 Å². The number of primary amides is 1. The highest BCUT2D eigenvalue weighted by Crippen LogP contribution is 2.38. The van der Waals surface area contributed by atoms with E-state index in [4.69, 9.17) is 15.2 Å². The molecular formula is C15H14N4O4S. The molecule has 0 saturated heterocycles. The number of thioether (sulfide) groups is 1. The Morgan fingerprint density at radius 1 is 1.33 bits per heavy atom. The second-order valence-corrected chi connectivity index (χ2v) is 5.62. The third kappa shape index (κ3) is 3.35. The van der Waals surface area contributed by atoms with Gasteiger partial charge in [0.1, 0.15) is 17.2 Å². The molecule has 124 valence electrons. The fourth-order valence-corrected chi connectivity index (χ4v) is 2.72. The molecule has 0 bridgehead atoms. The third-order valence-corrected chi connectivity index (χ3v) is 3.93. The van der Waals surface area contributed by atoms with E-state index in [-0.39, 0.29) is 12.5 Å². The van der Waals surface area contributed by atoms with Gasteiger partial charge in [0.15, 0.2) is 11.6 Å². The Bertz CT molecular complexity index is 812. The van der Waals surface area contributed by atoms with E-state index in [0.29, 0.717) is 33.6 Å². The van der Waals surface area contributed by atoms with E-state index in [1.165, 1.54) is 11.8 Å². The number of benzene rings is 1. The number of carbonyl (C=O) groups excluding carboxylic acids is 2. The summed E-state index contributed by atoms with van der Waals surface area (Å²) < 4.78 is 10.8. The number of ether oxygens (including phenoxy) is 2. The van der Waals surface area contributed by atoms with Gasteiger partial charge in [-0.15, -0.1) is 11.8 Å². The first-order valence-corrected chi connectivity index (χ1v) is 8.15. The molecule has 1 aliphatic rings. The quantitative estimate of drug-likeness (QED) is 0.728. The topological polar surface area (TPSA) is 116 Å². The Morgan fingerprint density at radius 3 is 2.92 bits per heavy atom. The number of hydrogen-bond donors (Lipinski definition) is 3. The van der Waals surface area contributed by atoms with Crippen LogP contribution in [0, 0.1) is 0 Å². The molecule has 0 spiro atoms. The van der Waals surface area contributed by atoms with Gasteiger partial charge in [0, 0.05) is 12.3 Å². The van der Waals surface area contributed by atoms with Crippen LogP contribution in [-0.2, 0) is 4.79 Å². The summed E-state index contributed by atoms with van der Waals surface area (Å²) >= 11 is 1.39. The van der Waals surface area contributed by atoms with Gasteiger partial charge in [0.2, 0.25) is 5.91 Å². The van der Waals surface area contributed by atoms with Crippen molar-refractivity contribution in [3.05, 3.63) is 30.5 Å². The number of nitrogens with two attached hydrogens (primary N) is 1. The lowest BCUT2D eigenvalue weighted by Crippen LogP contribution is -2.28. The number of amides is 2. The van der Waals surface area contributed by atoms with Gasteiger partial charge in [-0.1, -0.05) is 0 Å². The van der Waals surface area contributed by atoms with Gasteiger partial charge in [0.05, 0.1) is 11.4 Å². The maximum Gasteiger partial charge on any atom is 0.410 e. The standard InChI is InChI=1S/C15H14N4O4S/c1-24-11-6-8(2-3-9(11)23-15(16)21)22-10-4-5-17-14-13(10)18-7-12(20)19-14/h2-6,18H,7H2,1H3,(H2,16,21)(H,17,19,20). The maximum atomic E-state index is 11.4. The average Bonchev–Trinajstić information content (AvgIpc) is 2.55. The Morgan fingerprint density at radius 2 is 2.17 bits per heavy atom. The second-order valence-electron chi connectivity index (χ2n) is 4.77. The van der Waals surface area contributed by atoms with Crippen LogP contribution in [0.5, 0.6) is 17.2 Å². The van der Waals surface area contributed by atoms with E-state index in [1.54, 1.807) is 30.5 Å². The van der Waals surface area contributed by atoms with Gasteiger partial charge in [-0.05, 0) is 24.5 Å². The van der Waals surface area contributed by atoms with E-state index >= 15 is 0 Å². The van der Waals surface area contributed by atoms with Crippen LogP contribution in [0.2, 0.25) is 0 Å². The van der Waals surface area contributed by atoms with Gasteiger partial charge in [-0.3, -0.25) is 4.79 Å². The summed E-state index contributed by atoms with van der Waals surface area (Å²) in [7, 11) is 0. The minimum atomic E-state index is -0.873. The molecule has 0 aliphatic carbocycles. The number of anilines is 2. The molecular weight excluding hydrogens is 332 g/mol. The van der Waals surface area contributed by atoms with E-state index in [2.05, 4.69) is 15.6 Å². The van der Waals surface area contributed by atoms with Crippen LogP contribution in [0.3, 0.4) is 0 Å². The van der Waals surface area contributed by atoms with Crippen molar-refractivity contribution in [1.29, 1.82) is 0 Å². The maximum absolute atomic E-state index is 11.4. The third-order valence-electron chi connectivity index (χ3n) is 3.17. The van der Waals surface area contributed by atoms with Gasteiger partial charge >= 0.3 is 6.09 Å². The summed E-state index contributed by atoms with van der Waals surface area (Å²) in [5.74, 6) is 1.69. The minimum absolute atomic E-state index is 0.149. The number of fused-ring (bicyclic) bond motifs is 1. The summed E-state index contributed by atoms with van der Waals surface area (Å²) in [5, 5.41) is 5.65. The summed E-state index contributed by atoms with van der Waals surface area (Å²) in [6, 6.07) is 6.69. The molecule has 8 nitrogen and oxygen atoms in total. The van der Waals surface area contributed by atoms with Crippen molar-refractivity contribution in [2.45, 2.75) is 4.90 Å². The molecule has 1 aromatic carbocycles. The molecule has 2 amide bonds. The normalized spacial score (nSPS) is 12.6. The van der Waals surface area contributed by atoms with Gasteiger partial charge in [0.25, 0.3) is 0 Å². The molecule has 1 aliphatic heterocycles. The molecule has 0 radical (unpaired) electrons. The number of aromatic nitrogens is 1. The Balaban J connectivity index is 1.88. The van der Waals surface area contributed by atoms with Crippen molar-refractivity contribution >= 4 is 35.3 Å². The molecule has 0 fully saturated rings. The lowest BCUT2D eigenvalue weighted by atomic mass is 10.3. The Labute approximate surface area is 141 Å². The van der Waals surface area contributed by atoms with Crippen molar-refractivity contribution < 1.29 is 19.1 Å². The summed E-state index contributed by atoms with van der Waals surface area (Å²) in [5.41, 5.74) is 5.66. The van der Waals surface area contributed by atoms with Crippen molar-refractivity contribution in [1.82, 2.24) is 4.98 Å². The van der Waals surface area contributed by atoms with Gasteiger partial charge in [-0.2, -0.15) is 0 Å². The summed E-state index contributed by atoms with van der Waals surface area (Å²) in [4.78, 5) is 27.1. The molecule has 4 N–H and O–H groups in total. The fraction of sp³-hybridized carbons (Fsp3) is 0.133. The molecule has 0 saturated carbocycles. The summed E-state index contributed by atoms with van der Waals surface area (Å²) in [6.45, 7) is 0.149. The molecule has 9 heteroatoms. The van der Waals surface area contributed by atoms with Crippen molar-refractivity contribution in [3.8, 4) is 17.2 Å². The van der Waals surface area contributed by atoms with Crippen molar-refractivity contribution in [2.24, 2.45) is 5.73 Å². The molecule has 2 heterocycles. The number of pyridine rings is 1. The number of nitrogens with zero attached hydrogens (tertiary/aromatic N) is 1. The van der Waals surface area contributed by atoms with Gasteiger partial charge in [-0.25, -0.2) is 9.78 Å². The first-order valence-electron chi connectivity index (χ1n) is 6.92. The Hall–Kier alpha value is -2.94. The van der Waals surface area contributed by atoms with Crippen LogP contribution in [0.4, 0.5) is 16.3 Å². The minimum Gasteiger partial charge on any atom is -0.455 e. The first kappa shape index (κ1) is 15.9. The molecule has 0 unspecified atom stereocenters. The lowest BCUT2D eigenvalue weighted by molar-refractivity contribution is -0.114. The lowest BCUT2D eigenvalue weighted by Gasteiger charge is -2.20. The van der Waals surface area contributed by atoms with Crippen LogP contribution in [0.25, 0.3) is 0 Å². The molecule has 1 aromatic heterocycles. The summed E-state index contributed by atoms with van der Waals surface area (Å²) in [6.07, 6.45) is 2.52. The highest BCUT2D eigenvalue weighted by atomic mass is 32.2. The molecule has 24 heavy (non-hydrogen) atoms. The number of rotatable bonds is 4. The predicted octanol–water partition coefficient (Wildman–Crippen LogP) is 2.42. The largest absolute Gasteiger partial charge is 0.455 e. The molecule has 0 atom stereocenters. The highest BCUT2D eigenvalue weighted by Gasteiger charge is 2.19. The number of carbonyl (C=O) groups is 2. The zero-order chi connectivity index (χ0) is 17.1. The van der Waals surface area contributed by atoms with Crippen molar-refractivity contribution in [2.75, 3.05) is 23.4 Å². The van der Waals surface area contributed by atoms with Gasteiger partial charge < -0.3 is 25.8 Å². The average molecular weight is 346 g/mol. The smallest absolute Gasteiger partial charge is 0.410 e. The zero-order valence-electron chi connectivity index (χ0n) is 12.7. The SMILES string of the molecule is CSc1cc(Oc2ccnc3c2NCC(=O)N3)ccc1OC(N)=O. The Kier molecular flexibility index (Phi) is 4.43. The predicted molar refractivity (Wildman–Crippen MR) is 89.9 cm³/mol. The van der Waals surface area contributed by atoms with Crippen molar-refractivity contribution in [3.63, 3.8) is 0 Å². The fourth-order valence-electron chi connectivity index (χ4n) is 2.17. The van der Waals surface area contributed by atoms with Crippen LogP contribution in [0.1, 0.15) is 0 Å². The monoisotopic (exact) mass is 346 g/mol. The second kappa shape index (κ2) is 6.67.